The van der Waals surface area contributed by atoms with Crippen molar-refractivity contribution in [3.63, 3.8) is 0 Å². The molecule has 0 bridgehead atoms. The number of benzene rings is 2. The van der Waals surface area contributed by atoms with E-state index in [-0.39, 0.29) is 16.2 Å². The fraction of sp³-hybridized carbons (Fsp3) is 0.0714. The second-order valence-corrected chi connectivity index (χ2v) is 8.23. The first-order chi connectivity index (χ1) is 9.83. The third-order valence-electron chi connectivity index (χ3n) is 2.67. The smallest absolute Gasteiger partial charge is 0.339 e. The van der Waals surface area contributed by atoms with Crippen LogP contribution in [0.5, 0.6) is 5.75 Å². The quantitative estimate of drug-likeness (QED) is 0.345. The predicted octanol–water partition coefficient (Wildman–Crippen LogP) is 3.78. The normalized spacial score (nSPS) is 11.2. The first-order valence-electron chi connectivity index (χ1n) is 5.79. The molecular formula is C14H10I2O4S. The van der Waals surface area contributed by atoms with E-state index < -0.39 is 10.1 Å². The molecule has 0 fully saturated rings. The van der Waals surface area contributed by atoms with Crippen LogP contribution in [0.4, 0.5) is 0 Å². The van der Waals surface area contributed by atoms with Crippen LogP contribution in [0.3, 0.4) is 0 Å². The molecule has 0 amide bonds. The van der Waals surface area contributed by atoms with Crippen molar-refractivity contribution in [2.24, 2.45) is 0 Å². The van der Waals surface area contributed by atoms with Gasteiger partial charge in [0, 0.05) is 3.57 Å². The summed E-state index contributed by atoms with van der Waals surface area (Å²) in [6, 6.07) is 9.66. The minimum atomic E-state index is -3.96. The van der Waals surface area contributed by atoms with Crippen LogP contribution in [0, 0.1) is 14.1 Å². The molecule has 2 rings (SSSR count). The topological polar surface area (TPSA) is 60.4 Å². The monoisotopic (exact) mass is 528 g/mol. The molecule has 0 unspecified atom stereocenters. The molecule has 21 heavy (non-hydrogen) atoms. The van der Waals surface area contributed by atoms with Crippen molar-refractivity contribution in [1.82, 2.24) is 0 Å². The van der Waals surface area contributed by atoms with Crippen LogP contribution in [0.2, 0.25) is 0 Å². The summed E-state index contributed by atoms with van der Waals surface area (Å²) < 4.78 is 31.1. The number of aldehydes is 1. The number of hydrogen-bond donors (Lipinski definition) is 0. The maximum atomic E-state index is 12.3. The molecule has 0 aliphatic rings. The molecule has 110 valence electrons. The van der Waals surface area contributed by atoms with E-state index in [1.807, 2.05) is 29.5 Å². The lowest BCUT2D eigenvalue weighted by atomic mass is 10.2. The third-order valence-corrected chi connectivity index (χ3v) is 5.33. The van der Waals surface area contributed by atoms with Gasteiger partial charge in [-0.2, -0.15) is 8.42 Å². The van der Waals surface area contributed by atoms with E-state index in [9.17, 15) is 13.2 Å². The lowest BCUT2D eigenvalue weighted by Crippen LogP contribution is -2.12. The van der Waals surface area contributed by atoms with Gasteiger partial charge in [0.15, 0.2) is 12.0 Å². The second kappa shape index (κ2) is 6.61. The average Bonchev–Trinajstić information content (AvgIpc) is 2.42. The van der Waals surface area contributed by atoms with Gasteiger partial charge in [0.05, 0.1) is 9.13 Å². The van der Waals surface area contributed by atoms with Gasteiger partial charge in [0.2, 0.25) is 0 Å². The Morgan fingerprint density at radius 1 is 1.10 bits per heavy atom. The zero-order valence-corrected chi connectivity index (χ0v) is 16.0. The Bertz CT molecular complexity index is 783. The van der Waals surface area contributed by atoms with Crippen molar-refractivity contribution in [3.8, 4) is 5.75 Å². The summed E-state index contributed by atoms with van der Waals surface area (Å²) in [5, 5.41) is 0. The maximum absolute atomic E-state index is 12.3. The van der Waals surface area contributed by atoms with E-state index in [1.54, 1.807) is 24.3 Å². The first-order valence-corrected chi connectivity index (χ1v) is 9.35. The van der Waals surface area contributed by atoms with Gasteiger partial charge in [0.1, 0.15) is 4.90 Å². The molecule has 0 radical (unpaired) electrons. The van der Waals surface area contributed by atoms with Gasteiger partial charge in [0.25, 0.3) is 0 Å². The second-order valence-electron chi connectivity index (χ2n) is 4.27. The lowest BCUT2D eigenvalue weighted by molar-refractivity contribution is 0.112. The van der Waals surface area contributed by atoms with Crippen molar-refractivity contribution in [1.29, 1.82) is 0 Å². The molecule has 0 aromatic heterocycles. The molecule has 2 aromatic rings. The zero-order chi connectivity index (χ0) is 15.6. The molecule has 0 saturated heterocycles. The van der Waals surface area contributed by atoms with Gasteiger partial charge >= 0.3 is 10.1 Å². The highest BCUT2D eigenvalue weighted by molar-refractivity contribution is 14.1. The van der Waals surface area contributed by atoms with Crippen molar-refractivity contribution >= 4 is 61.6 Å². The summed E-state index contributed by atoms with van der Waals surface area (Å²) >= 11 is 4.00. The molecular weight excluding hydrogens is 518 g/mol. The largest absolute Gasteiger partial charge is 0.377 e. The minimum Gasteiger partial charge on any atom is -0.377 e. The summed E-state index contributed by atoms with van der Waals surface area (Å²) in [4.78, 5) is 11.2. The molecule has 0 aliphatic carbocycles. The highest BCUT2D eigenvalue weighted by Crippen LogP contribution is 2.30. The van der Waals surface area contributed by atoms with Crippen LogP contribution in [0.15, 0.2) is 41.3 Å². The highest BCUT2D eigenvalue weighted by atomic mass is 127. The maximum Gasteiger partial charge on any atom is 0.339 e. The fourth-order valence-corrected chi connectivity index (χ4v) is 4.74. The average molecular weight is 528 g/mol. The van der Waals surface area contributed by atoms with E-state index in [0.717, 1.165) is 9.13 Å². The van der Waals surface area contributed by atoms with Gasteiger partial charge in [-0.15, -0.1) is 0 Å². The highest BCUT2D eigenvalue weighted by Gasteiger charge is 2.20. The summed E-state index contributed by atoms with van der Waals surface area (Å²) in [5.74, 6) is 0.0617. The van der Waals surface area contributed by atoms with Gasteiger partial charge < -0.3 is 4.18 Å². The predicted molar refractivity (Wildman–Crippen MR) is 96.3 cm³/mol. The molecule has 4 nitrogen and oxygen atoms in total. The fourth-order valence-electron chi connectivity index (χ4n) is 1.62. The van der Waals surface area contributed by atoms with Crippen LogP contribution < -0.4 is 4.18 Å². The standard InChI is InChI=1S/C14H10I2O4S/c1-9-2-4-12(5-3-9)21(18,19)20-14-10(8-17)6-11(15)7-13(14)16/h2-8H,1H3. The van der Waals surface area contributed by atoms with Crippen LogP contribution in [0.1, 0.15) is 15.9 Å². The first kappa shape index (κ1) is 16.7. The molecule has 7 heteroatoms. The van der Waals surface area contributed by atoms with Crippen LogP contribution in [-0.2, 0) is 10.1 Å². The Hall–Kier alpha value is -0.680. The number of halogens is 2. The third kappa shape index (κ3) is 3.95. The van der Waals surface area contributed by atoms with E-state index >= 15 is 0 Å². The SMILES string of the molecule is Cc1ccc(S(=O)(=O)Oc2c(I)cc(I)cc2C=O)cc1. The summed E-state index contributed by atoms with van der Waals surface area (Å²) in [6.07, 6.45) is 0.588. The molecule has 0 saturated carbocycles. The van der Waals surface area contributed by atoms with Crippen LogP contribution in [-0.4, -0.2) is 14.7 Å². The van der Waals surface area contributed by atoms with Crippen molar-refractivity contribution < 1.29 is 17.4 Å². The van der Waals surface area contributed by atoms with Crippen molar-refractivity contribution in [3.05, 3.63) is 54.7 Å². The summed E-state index contributed by atoms with van der Waals surface area (Å²) in [7, 11) is -3.96. The van der Waals surface area contributed by atoms with Gasteiger partial charge in [-0.1, -0.05) is 17.7 Å². The summed E-state index contributed by atoms with van der Waals surface area (Å²) in [5.41, 5.74) is 1.16. The number of rotatable bonds is 4. The lowest BCUT2D eigenvalue weighted by Gasteiger charge is -2.11. The Morgan fingerprint density at radius 3 is 2.29 bits per heavy atom. The van der Waals surface area contributed by atoms with Gasteiger partial charge in [-0.05, 0) is 76.4 Å². The Morgan fingerprint density at radius 2 is 1.71 bits per heavy atom. The van der Waals surface area contributed by atoms with Gasteiger partial charge in [-0.25, -0.2) is 0 Å². The number of aryl methyl sites for hydroxylation is 1. The Labute approximate surface area is 150 Å². The van der Waals surface area contributed by atoms with Gasteiger partial charge in [-0.3, -0.25) is 4.79 Å². The molecule has 2 aromatic carbocycles. The van der Waals surface area contributed by atoms with E-state index in [0.29, 0.717) is 9.86 Å². The molecule has 0 atom stereocenters. The Kier molecular flexibility index (Phi) is 5.25. The van der Waals surface area contributed by atoms with Crippen molar-refractivity contribution in [2.45, 2.75) is 11.8 Å². The number of hydrogen-bond acceptors (Lipinski definition) is 4. The summed E-state index contributed by atoms with van der Waals surface area (Å²) in [6.45, 7) is 1.86. The Balaban J connectivity index is 2.46. The molecule has 0 spiro atoms. The molecule has 0 N–H and O–H groups in total. The van der Waals surface area contributed by atoms with Crippen LogP contribution >= 0.6 is 45.2 Å². The van der Waals surface area contributed by atoms with E-state index in [1.165, 1.54) is 12.1 Å². The van der Waals surface area contributed by atoms with E-state index in [4.69, 9.17) is 4.18 Å². The number of carbonyl (C=O) groups is 1. The van der Waals surface area contributed by atoms with Crippen molar-refractivity contribution in [2.75, 3.05) is 0 Å². The molecule has 0 aliphatic heterocycles. The molecule has 0 heterocycles. The minimum absolute atomic E-state index is 0.0549. The van der Waals surface area contributed by atoms with Crippen LogP contribution in [0.25, 0.3) is 0 Å². The van der Waals surface area contributed by atoms with E-state index in [2.05, 4.69) is 22.6 Å². The number of carbonyl (C=O) groups excluding carboxylic acids is 1. The zero-order valence-electron chi connectivity index (χ0n) is 10.8.